The highest BCUT2D eigenvalue weighted by Crippen LogP contribution is 2.23. The van der Waals surface area contributed by atoms with Crippen molar-refractivity contribution in [3.05, 3.63) is 34.4 Å². The maximum absolute atomic E-state index is 11.8. The molecule has 1 aromatic carbocycles. The molecular formula is C17H21BrN4O4S2. The van der Waals surface area contributed by atoms with Gasteiger partial charge in [-0.05, 0) is 50.3 Å². The molecule has 0 aliphatic heterocycles. The second-order valence-corrected chi connectivity index (χ2v) is 10.9. The zero-order valence-electron chi connectivity index (χ0n) is 15.3. The first-order valence-electron chi connectivity index (χ1n) is 8.30. The van der Waals surface area contributed by atoms with Crippen LogP contribution in [0.25, 0.3) is 0 Å². The van der Waals surface area contributed by atoms with Gasteiger partial charge in [0, 0.05) is 35.1 Å². The Morgan fingerprint density at radius 2 is 2.21 bits per heavy atom. The summed E-state index contributed by atoms with van der Waals surface area (Å²) in [6.07, 6.45) is 2.85. The number of aliphatic imine (C=N–C) groups is 1. The van der Waals surface area contributed by atoms with E-state index in [1.165, 1.54) is 11.8 Å². The van der Waals surface area contributed by atoms with Crippen molar-refractivity contribution in [2.45, 2.75) is 24.3 Å². The van der Waals surface area contributed by atoms with Crippen LogP contribution in [-0.4, -0.2) is 55.0 Å². The van der Waals surface area contributed by atoms with Gasteiger partial charge in [0.25, 0.3) is 0 Å². The first-order valence-corrected chi connectivity index (χ1v) is 12.4. The first kappa shape index (κ1) is 22.6. The lowest BCUT2D eigenvalue weighted by atomic mass is 10.2. The number of nitrogens with one attached hydrogen (secondary N) is 1. The van der Waals surface area contributed by atoms with Crippen molar-refractivity contribution in [3.8, 4) is 0 Å². The number of Topliss-reactive ketones (excluding diaryl/α,β-unsaturated/α-hetero) is 1. The minimum atomic E-state index is -2.14. The van der Waals surface area contributed by atoms with Gasteiger partial charge in [-0.25, -0.2) is 9.62 Å². The lowest BCUT2D eigenvalue weighted by Gasteiger charge is -2.04. The largest absolute Gasteiger partial charge is 0.300 e. The zero-order chi connectivity index (χ0) is 20.6. The molecule has 0 radical (unpaired) electrons. The molecule has 1 heterocycles. The average Bonchev–Trinajstić information content (AvgIpc) is 3.09. The number of ketones is 1. The van der Waals surface area contributed by atoms with Gasteiger partial charge in [-0.15, -0.1) is 11.8 Å². The van der Waals surface area contributed by atoms with E-state index in [9.17, 15) is 14.2 Å². The van der Waals surface area contributed by atoms with Crippen molar-refractivity contribution in [2.24, 2.45) is 4.99 Å². The number of rotatable bonds is 10. The summed E-state index contributed by atoms with van der Waals surface area (Å²) in [4.78, 5) is 16.1. The van der Waals surface area contributed by atoms with E-state index in [1.54, 1.807) is 18.4 Å². The maximum Gasteiger partial charge on any atom is 0.186 e. The summed E-state index contributed by atoms with van der Waals surface area (Å²) >= 11 is 4.71. The number of hydrogen-bond donors (Lipinski definition) is 2. The van der Waals surface area contributed by atoms with Crippen LogP contribution in [0, 0.1) is 0 Å². The molecule has 28 heavy (non-hydrogen) atoms. The third-order valence-corrected chi connectivity index (χ3v) is 6.08. The van der Waals surface area contributed by atoms with Gasteiger partial charge in [-0.3, -0.25) is 19.7 Å². The minimum Gasteiger partial charge on any atom is -0.300 e. The Bertz CT molecular complexity index is 944. The smallest absolute Gasteiger partial charge is 0.186 e. The summed E-state index contributed by atoms with van der Waals surface area (Å²) < 4.78 is 17.1. The van der Waals surface area contributed by atoms with Crippen molar-refractivity contribution in [3.63, 3.8) is 0 Å². The normalized spacial score (nSPS) is 13.9. The SMILES string of the molecule is C=S(C)(=O)CCC(=O)CCCSc1nonc1C(=Nc1cccc(Br)c1)NO. The predicted octanol–water partition coefficient (Wildman–Crippen LogP) is 3.07. The first-order chi connectivity index (χ1) is 13.3. The molecule has 152 valence electrons. The van der Waals surface area contributed by atoms with Crippen molar-refractivity contribution in [2.75, 3.05) is 17.8 Å². The van der Waals surface area contributed by atoms with Crippen LogP contribution in [0.1, 0.15) is 25.0 Å². The Kier molecular flexibility index (Phi) is 8.67. The van der Waals surface area contributed by atoms with Gasteiger partial charge in [0.1, 0.15) is 5.78 Å². The molecule has 8 nitrogen and oxygen atoms in total. The van der Waals surface area contributed by atoms with Crippen LogP contribution in [0.5, 0.6) is 0 Å². The Balaban J connectivity index is 1.93. The number of carbonyl (C=O) groups is 1. The minimum absolute atomic E-state index is 0.0613. The van der Waals surface area contributed by atoms with Gasteiger partial charge in [-0.2, -0.15) is 0 Å². The van der Waals surface area contributed by atoms with Crippen molar-refractivity contribution in [1.82, 2.24) is 15.8 Å². The molecule has 2 rings (SSSR count). The second kappa shape index (κ2) is 10.7. The van der Waals surface area contributed by atoms with Gasteiger partial charge < -0.3 is 0 Å². The highest BCUT2D eigenvalue weighted by atomic mass is 79.9. The molecule has 0 bridgehead atoms. The third kappa shape index (κ3) is 7.74. The third-order valence-electron chi connectivity index (χ3n) is 3.49. The topological polar surface area (TPSA) is 118 Å². The number of aromatic nitrogens is 2. The number of thioether (sulfide) groups is 1. The molecule has 0 fully saturated rings. The molecule has 0 aliphatic rings. The predicted molar refractivity (Wildman–Crippen MR) is 115 cm³/mol. The summed E-state index contributed by atoms with van der Waals surface area (Å²) in [5.41, 5.74) is 2.91. The lowest BCUT2D eigenvalue weighted by Crippen LogP contribution is -2.21. The lowest BCUT2D eigenvalue weighted by molar-refractivity contribution is -0.118. The van der Waals surface area contributed by atoms with E-state index < -0.39 is 9.52 Å². The maximum atomic E-state index is 11.8. The molecule has 0 spiro atoms. The monoisotopic (exact) mass is 488 g/mol. The van der Waals surface area contributed by atoms with E-state index in [4.69, 9.17) is 4.63 Å². The van der Waals surface area contributed by atoms with Crippen LogP contribution in [-0.2, 0) is 14.3 Å². The summed E-state index contributed by atoms with van der Waals surface area (Å²) in [5, 5.41) is 17.5. The van der Waals surface area contributed by atoms with E-state index in [-0.39, 0.29) is 23.7 Å². The fourth-order valence-electron chi connectivity index (χ4n) is 2.12. The second-order valence-electron chi connectivity index (χ2n) is 6.10. The fraction of sp³-hybridized carbons (Fsp3) is 0.353. The number of hydrogen-bond acceptors (Lipinski definition) is 8. The molecule has 2 N–H and O–H groups in total. The molecule has 0 saturated heterocycles. The van der Waals surface area contributed by atoms with Crippen LogP contribution in [0.2, 0.25) is 0 Å². The number of benzene rings is 1. The van der Waals surface area contributed by atoms with Crippen molar-refractivity contribution < 1.29 is 18.8 Å². The van der Waals surface area contributed by atoms with Crippen LogP contribution in [0.3, 0.4) is 0 Å². The van der Waals surface area contributed by atoms with E-state index in [1.807, 2.05) is 17.6 Å². The summed E-state index contributed by atoms with van der Waals surface area (Å²) in [7, 11) is -2.14. The van der Waals surface area contributed by atoms with Crippen LogP contribution in [0.15, 0.2) is 43.4 Å². The molecular weight excluding hydrogens is 468 g/mol. The summed E-state index contributed by atoms with van der Waals surface area (Å²) in [5.74, 6) is 4.63. The number of halogens is 1. The molecule has 11 heteroatoms. The Hall–Kier alpha value is -1.69. The fourth-order valence-corrected chi connectivity index (χ4v) is 4.00. The quantitative estimate of drug-likeness (QED) is 0.131. The molecule has 1 aromatic heterocycles. The van der Waals surface area contributed by atoms with Gasteiger partial charge in [0.15, 0.2) is 16.6 Å². The van der Waals surface area contributed by atoms with Crippen LogP contribution in [0.4, 0.5) is 5.69 Å². The van der Waals surface area contributed by atoms with E-state index in [2.05, 4.69) is 37.1 Å². The number of nitrogens with zero attached hydrogens (tertiary/aromatic N) is 3. The van der Waals surface area contributed by atoms with E-state index in [0.29, 0.717) is 35.1 Å². The molecule has 0 saturated carbocycles. The molecule has 1 atom stereocenters. The molecule has 1 unspecified atom stereocenters. The Labute approximate surface area is 176 Å². The van der Waals surface area contributed by atoms with Gasteiger partial charge in [0.2, 0.25) is 0 Å². The Morgan fingerprint density at radius 3 is 2.89 bits per heavy atom. The highest BCUT2D eigenvalue weighted by molar-refractivity contribution is 9.10. The summed E-state index contributed by atoms with van der Waals surface area (Å²) in [6.45, 7) is 0. The van der Waals surface area contributed by atoms with Crippen molar-refractivity contribution in [1.29, 1.82) is 0 Å². The average molecular weight is 489 g/mol. The van der Waals surface area contributed by atoms with Crippen LogP contribution < -0.4 is 5.48 Å². The zero-order valence-corrected chi connectivity index (χ0v) is 18.5. The van der Waals surface area contributed by atoms with Gasteiger partial charge in [0.05, 0.1) is 5.69 Å². The van der Waals surface area contributed by atoms with E-state index in [0.717, 1.165) is 4.47 Å². The molecule has 0 amide bonds. The van der Waals surface area contributed by atoms with Gasteiger partial charge >= 0.3 is 0 Å². The molecule has 2 aromatic rings. The standard InChI is InChI=1S/C17H21BrN4O4S2/c1-28(2,25)10-8-14(23)7-4-9-27-17-15(21-26-22-17)16(20-24)19-13-6-3-5-12(18)11-13/h3,5-6,11,24H,1,4,7-10H2,2H3,(H,19,20). The number of hydroxylamine groups is 1. The highest BCUT2D eigenvalue weighted by Gasteiger charge is 2.17. The van der Waals surface area contributed by atoms with Crippen LogP contribution >= 0.6 is 27.7 Å². The molecule has 0 aliphatic carbocycles. The van der Waals surface area contributed by atoms with Crippen molar-refractivity contribution >= 4 is 60.4 Å². The summed E-state index contributed by atoms with van der Waals surface area (Å²) in [6, 6.07) is 7.23. The number of carbonyl (C=O) groups excluding carboxylic acids is 1. The Morgan fingerprint density at radius 1 is 1.43 bits per heavy atom. The van der Waals surface area contributed by atoms with Gasteiger partial charge in [-0.1, -0.05) is 22.0 Å². The number of amidine groups is 1. The van der Waals surface area contributed by atoms with E-state index >= 15 is 0 Å².